The third-order valence-electron chi connectivity index (χ3n) is 5.26. The molecule has 0 aliphatic carbocycles. The SMILES string of the molecule is COc1ccc(CCNS(=O)(=O)c2ccc(SC)c(C(=O)N3CCCC3)c2)cc1OC. The van der Waals surface area contributed by atoms with Crippen molar-refractivity contribution in [1.82, 2.24) is 9.62 Å². The molecule has 1 aliphatic rings. The first-order chi connectivity index (χ1) is 14.9. The van der Waals surface area contributed by atoms with Crippen LogP contribution in [0.5, 0.6) is 11.5 Å². The van der Waals surface area contributed by atoms with Crippen LogP contribution in [-0.4, -0.2) is 59.3 Å². The maximum absolute atomic E-state index is 12.9. The first-order valence-electron chi connectivity index (χ1n) is 10.1. The number of hydrogen-bond acceptors (Lipinski definition) is 6. The molecule has 0 bridgehead atoms. The summed E-state index contributed by atoms with van der Waals surface area (Å²) in [7, 11) is -0.624. The summed E-state index contributed by atoms with van der Waals surface area (Å²) >= 11 is 1.44. The molecule has 9 heteroatoms. The van der Waals surface area contributed by atoms with E-state index in [9.17, 15) is 13.2 Å². The Morgan fingerprint density at radius 1 is 1.06 bits per heavy atom. The molecule has 0 saturated carbocycles. The number of nitrogens with one attached hydrogen (secondary N) is 1. The molecular formula is C22H28N2O5S2. The summed E-state index contributed by atoms with van der Waals surface area (Å²) in [6, 6.07) is 10.2. The highest BCUT2D eigenvalue weighted by Crippen LogP contribution is 2.28. The van der Waals surface area contributed by atoms with Gasteiger partial charge < -0.3 is 14.4 Å². The highest BCUT2D eigenvalue weighted by molar-refractivity contribution is 7.98. The van der Waals surface area contributed by atoms with Crippen LogP contribution in [0.25, 0.3) is 0 Å². The third kappa shape index (κ3) is 5.53. The molecular weight excluding hydrogens is 436 g/mol. The largest absolute Gasteiger partial charge is 0.493 e. The lowest BCUT2D eigenvalue weighted by Gasteiger charge is -2.18. The lowest BCUT2D eigenvalue weighted by Crippen LogP contribution is -2.29. The number of amides is 1. The molecule has 1 N–H and O–H groups in total. The van der Waals surface area contributed by atoms with Gasteiger partial charge in [0.25, 0.3) is 5.91 Å². The molecule has 0 aromatic heterocycles. The smallest absolute Gasteiger partial charge is 0.255 e. The fraction of sp³-hybridized carbons (Fsp3) is 0.409. The molecule has 1 aliphatic heterocycles. The van der Waals surface area contributed by atoms with Gasteiger partial charge in [-0.2, -0.15) is 0 Å². The number of rotatable bonds is 9. The molecule has 1 heterocycles. The van der Waals surface area contributed by atoms with Crippen LogP contribution in [-0.2, 0) is 16.4 Å². The minimum absolute atomic E-state index is 0.0974. The molecule has 1 fully saturated rings. The minimum atomic E-state index is -3.75. The number of carbonyl (C=O) groups excluding carboxylic acids is 1. The van der Waals surface area contributed by atoms with E-state index in [2.05, 4.69) is 4.72 Å². The van der Waals surface area contributed by atoms with Gasteiger partial charge in [-0.1, -0.05) is 6.07 Å². The average Bonchev–Trinajstić information content (AvgIpc) is 3.32. The summed E-state index contributed by atoms with van der Waals surface area (Å²) in [6.45, 7) is 1.65. The van der Waals surface area contributed by atoms with Gasteiger partial charge in [-0.25, -0.2) is 13.1 Å². The van der Waals surface area contributed by atoms with E-state index >= 15 is 0 Å². The second-order valence-electron chi connectivity index (χ2n) is 7.20. The van der Waals surface area contributed by atoms with Gasteiger partial charge in [0, 0.05) is 24.5 Å². The fourth-order valence-electron chi connectivity index (χ4n) is 3.56. The van der Waals surface area contributed by atoms with Gasteiger partial charge in [-0.15, -0.1) is 11.8 Å². The molecule has 168 valence electrons. The van der Waals surface area contributed by atoms with Gasteiger partial charge in [0.05, 0.1) is 24.7 Å². The molecule has 0 unspecified atom stereocenters. The topological polar surface area (TPSA) is 84.9 Å². The van der Waals surface area contributed by atoms with Crippen molar-refractivity contribution in [1.29, 1.82) is 0 Å². The Labute approximate surface area is 188 Å². The van der Waals surface area contributed by atoms with Crippen molar-refractivity contribution in [3.8, 4) is 11.5 Å². The second kappa shape index (κ2) is 10.4. The number of thioether (sulfide) groups is 1. The first kappa shape index (κ1) is 23.4. The zero-order chi connectivity index (χ0) is 22.4. The van der Waals surface area contributed by atoms with Crippen molar-refractivity contribution in [3.05, 3.63) is 47.5 Å². The van der Waals surface area contributed by atoms with Crippen LogP contribution in [0.3, 0.4) is 0 Å². The van der Waals surface area contributed by atoms with E-state index in [-0.39, 0.29) is 17.3 Å². The van der Waals surface area contributed by atoms with Crippen LogP contribution in [0.2, 0.25) is 0 Å². The van der Waals surface area contributed by atoms with Gasteiger partial charge in [0.1, 0.15) is 0 Å². The van der Waals surface area contributed by atoms with Crippen LogP contribution in [0.15, 0.2) is 46.2 Å². The molecule has 0 spiro atoms. The Kier molecular flexibility index (Phi) is 7.85. The predicted molar refractivity (Wildman–Crippen MR) is 122 cm³/mol. The van der Waals surface area contributed by atoms with Gasteiger partial charge in [-0.3, -0.25) is 4.79 Å². The van der Waals surface area contributed by atoms with Crippen LogP contribution < -0.4 is 14.2 Å². The zero-order valence-corrected chi connectivity index (χ0v) is 19.6. The van der Waals surface area contributed by atoms with Gasteiger partial charge >= 0.3 is 0 Å². The van der Waals surface area contributed by atoms with Crippen molar-refractivity contribution < 1.29 is 22.7 Å². The van der Waals surface area contributed by atoms with Crippen molar-refractivity contribution in [2.24, 2.45) is 0 Å². The number of carbonyl (C=O) groups is 1. The third-order valence-corrected chi connectivity index (χ3v) is 7.51. The predicted octanol–water partition coefficient (Wildman–Crippen LogP) is 3.18. The van der Waals surface area contributed by atoms with Gasteiger partial charge in [-0.05, 0) is 61.4 Å². The Hall–Kier alpha value is -2.23. The average molecular weight is 465 g/mol. The number of sulfonamides is 1. The van der Waals surface area contributed by atoms with Gasteiger partial charge in [0.15, 0.2) is 11.5 Å². The molecule has 1 saturated heterocycles. The van der Waals surface area contributed by atoms with E-state index in [0.717, 1.165) is 23.3 Å². The highest BCUT2D eigenvalue weighted by Gasteiger charge is 2.24. The molecule has 2 aromatic rings. The Morgan fingerprint density at radius 3 is 2.42 bits per heavy atom. The standard InChI is InChI=1S/C22H28N2O5S2/c1-28-19-8-6-16(14-20(19)29-2)10-11-23-31(26,27)17-7-9-21(30-3)18(15-17)22(25)24-12-4-5-13-24/h6-9,14-15,23H,4-5,10-13H2,1-3H3. The second-order valence-corrected chi connectivity index (χ2v) is 9.81. The quantitative estimate of drug-likeness (QED) is 0.574. The number of likely N-dealkylation sites (tertiary alicyclic amines) is 1. The summed E-state index contributed by atoms with van der Waals surface area (Å²) < 4.78 is 38.9. The summed E-state index contributed by atoms with van der Waals surface area (Å²) in [5, 5.41) is 0. The number of benzene rings is 2. The van der Waals surface area contributed by atoms with Crippen LogP contribution in [0.4, 0.5) is 0 Å². The summed E-state index contributed by atoms with van der Waals surface area (Å²) in [4.78, 5) is 15.6. The molecule has 31 heavy (non-hydrogen) atoms. The molecule has 0 atom stereocenters. The zero-order valence-electron chi connectivity index (χ0n) is 18.0. The highest BCUT2D eigenvalue weighted by atomic mass is 32.2. The number of ether oxygens (including phenoxy) is 2. The maximum atomic E-state index is 12.9. The molecule has 7 nitrogen and oxygen atoms in total. The van der Waals surface area contributed by atoms with Crippen molar-refractivity contribution in [3.63, 3.8) is 0 Å². The summed E-state index contributed by atoms with van der Waals surface area (Å²) in [6.07, 6.45) is 4.33. The van der Waals surface area contributed by atoms with E-state index < -0.39 is 10.0 Å². The summed E-state index contributed by atoms with van der Waals surface area (Å²) in [5.41, 5.74) is 1.36. The maximum Gasteiger partial charge on any atom is 0.255 e. The molecule has 2 aromatic carbocycles. The monoisotopic (exact) mass is 464 g/mol. The normalized spacial score (nSPS) is 14.0. The lowest BCUT2D eigenvalue weighted by atomic mass is 10.1. The van der Waals surface area contributed by atoms with E-state index in [1.165, 1.54) is 17.8 Å². The number of nitrogens with zero attached hydrogens (tertiary/aromatic N) is 1. The molecule has 1 amide bonds. The summed E-state index contributed by atoms with van der Waals surface area (Å²) in [5.74, 6) is 1.11. The van der Waals surface area contributed by atoms with Gasteiger partial charge in [0.2, 0.25) is 10.0 Å². The fourth-order valence-corrected chi connectivity index (χ4v) is 5.19. The Morgan fingerprint density at radius 2 is 1.77 bits per heavy atom. The van der Waals surface area contributed by atoms with Crippen LogP contribution >= 0.6 is 11.8 Å². The van der Waals surface area contributed by atoms with E-state index in [0.29, 0.717) is 36.6 Å². The Bertz CT molecular complexity index is 1030. The van der Waals surface area contributed by atoms with Crippen LogP contribution in [0.1, 0.15) is 28.8 Å². The number of methoxy groups -OCH3 is 2. The number of hydrogen-bond donors (Lipinski definition) is 1. The van der Waals surface area contributed by atoms with Crippen molar-refractivity contribution in [2.75, 3.05) is 40.1 Å². The minimum Gasteiger partial charge on any atom is -0.493 e. The van der Waals surface area contributed by atoms with Crippen LogP contribution in [0, 0.1) is 0 Å². The first-order valence-corrected chi connectivity index (χ1v) is 12.8. The van der Waals surface area contributed by atoms with E-state index in [1.54, 1.807) is 37.3 Å². The van der Waals surface area contributed by atoms with Crippen molar-refractivity contribution in [2.45, 2.75) is 29.1 Å². The Balaban J connectivity index is 1.73. The molecule has 3 rings (SSSR count). The molecule has 0 radical (unpaired) electrons. The lowest BCUT2D eigenvalue weighted by molar-refractivity contribution is 0.0789. The van der Waals surface area contributed by atoms with Crippen molar-refractivity contribution >= 4 is 27.7 Å². The van der Waals surface area contributed by atoms with E-state index in [1.807, 2.05) is 18.4 Å². The van der Waals surface area contributed by atoms with E-state index in [4.69, 9.17) is 9.47 Å².